The van der Waals surface area contributed by atoms with Crippen molar-refractivity contribution in [2.75, 3.05) is 11.9 Å². The summed E-state index contributed by atoms with van der Waals surface area (Å²) in [6.07, 6.45) is -0.589. The maximum atomic E-state index is 12.0. The Morgan fingerprint density at radius 1 is 0.955 bits per heavy atom. The van der Waals surface area contributed by atoms with Crippen molar-refractivity contribution in [3.63, 3.8) is 0 Å². The number of anilines is 1. The average Bonchev–Trinajstić information content (AvgIpc) is 2.54. The highest BCUT2D eigenvalue weighted by Gasteiger charge is 2.08. The molecule has 2 aromatic carbocycles. The van der Waals surface area contributed by atoms with E-state index in [4.69, 9.17) is 5.11 Å². The first-order valence-corrected chi connectivity index (χ1v) is 6.99. The summed E-state index contributed by atoms with van der Waals surface area (Å²) in [6, 6.07) is 15.5. The van der Waals surface area contributed by atoms with Gasteiger partial charge >= 0.3 is 0 Å². The Bertz CT molecular complexity index is 637. The first-order valence-electron chi connectivity index (χ1n) is 6.99. The Labute approximate surface area is 129 Å². The Morgan fingerprint density at radius 3 is 2.14 bits per heavy atom. The van der Waals surface area contributed by atoms with Crippen LogP contribution in [0.4, 0.5) is 5.69 Å². The molecule has 0 spiro atoms. The highest BCUT2D eigenvalue weighted by atomic mass is 16.3. The number of carbonyl (C=O) groups excluding carboxylic acids is 2. The maximum Gasteiger partial charge on any atom is 0.255 e. The zero-order valence-electron chi connectivity index (χ0n) is 12.2. The van der Waals surface area contributed by atoms with Gasteiger partial charge in [0, 0.05) is 23.4 Å². The zero-order chi connectivity index (χ0) is 15.9. The van der Waals surface area contributed by atoms with Gasteiger partial charge in [-0.1, -0.05) is 18.2 Å². The first-order chi connectivity index (χ1) is 10.6. The molecule has 3 N–H and O–H groups in total. The van der Waals surface area contributed by atoms with Crippen molar-refractivity contribution >= 4 is 17.5 Å². The molecule has 0 unspecified atom stereocenters. The number of hydrogen-bond acceptors (Lipinski definition) is 3. The second-order valence-electron chi connectivity index (χ2n) is 4.96. The molecule has 0 aliphatic rings. The van der Waals surface area contributed by atoms with Crippen LogP contribution in [0.15, 0.2) is 54.6 Å². The molecule has 114 valence electrons. The molecule has 0 radical (unpaired) electrons. The molecule has 0 fully saturated rings. The van der Waals surface area contributed by atoms with E-state index in [0.29, 0.717) is 16.8 Å². The number of aliphatic hydroxyl groups is 1. The summed E-state index contributed by atoms with van der Waals surface area (Å²) in [6.45, 7) is 1.80. The number of nitrogens with one attached hydrogen (secondary N) is 2. The molecular formula is C17H18N2O3. The van der Waals surface area contributed by atoms with Gasteiger partial charge in [-0.25, -0.2) is 0 Å². The lowest BCUT2D eigenvalue weighted by atomic mass is 10.1. The van der Waals surface area contributed by atoms with E-state index in [-0.39, 0.29) is 18.4 Å². The fourth-order valence-corrected chi connectivity index (χ4v) is 1.84. The van der Waals surface area contributed by atoms with E-state index in [0.717, 1.165) is 0 Å². The lowest BCUT2D eigenvalue weighted by Crippen LogP contribution is -2.30. The number of rotatable bonds is 5. The molecule has 5 nitrogen and oxygen atoms in total. The lowest BCUT2D eigenvalue weighted by Gasteiger charge is -2.08. The van der Waals surface area contributed by atoms with Crippen molar-refractivity contribution in [2.24, 2.45) is 0 Å². The van der Waals surface area contributed by atoms with Gasteiger partial charge in [0.05, 0.1) is 6.10 Å². The SMILES string of the molecule is C[C@@H](O)CNC(=O)c1ccc(NC(=O)c2ccccc2)cc1. The summed E-state index contributed by atoms with van der Waals surface area (Å²) < 4.78 is 0. The summed E-state index contributed by atoms with van der Waals surface area (Å²) in [5.41, 5.74) is 1.65. The normalized spacial score (nSPS) is 11.5. The number of hydrogen-bond donors (Lipinski definition) is 3. The van der Waals surface area contributed by atoms with Gasteiger partial charge in [-0.05, 0) is 43.3 Å². The van der Waals surface area contributed by atoms with Crippen LogP contribution in [-0.4, -0.2) is 29.6 Å². The second kappa shape index (κ2) is 7.38. The van der Waals surface area contributed by atoms with E-state index in [1.807, 2.05) is 6.07 Å². The van der Waals surface area contributed by atoms with Crippen LogP contribution in [-0.2, 0) is 0 Å². The van der Waals surface area contributed by atoms with Crippen molar-refractivity contribution in [3.8, 4) is 0 Å². The molecule has 0 saturated heterocycles. The molecule has 0 bridgehead atoms. The van der Waals surface area contributed by atoms with Crippen LogP contribution in [0.1, 0.15) is 27.6 Å². The van der Waals surface area contributed by atoms with Crippen LogP contribution in [0.2, 0.25) is 0 Å². The summed E-state index contributed by atoms with van der Waals surface area (Å²) in [7, 11) is 0. The van der Waals surface area contributed by atoms with Crippen LogP contribution in [0.5, 0.6) is 0 Å². The van der Waals surface area contributed by atoms with Gasteiger partial charge < -0.3 is 15.7 Å². The Balaban J connectivity index is 1.97. The minimum atomic E-state index is -0.589. The predicted octanol–water partition coefficient (Wildman–Crippen LogP) is 2.05. The van der Waals surface area contributed by atoms with Gasteiger partial charge in [0.2, 0.25) is 0 Å². The molecule has 22 heavy (non-hydrogen) atoms. The Hall–Kier alpha value is -2.66. The molecule has 0 heterocycles. The largest absolute Gasteiger partial charge is 0.392 e. The standard InChI is InChI=1S/C17H18N2O3/c1-12(20)11-18-16(21)14-7-9-15(10-8-14)19-17(22)13-5-3-2-4-6-13/h2-10,12,20H,11H2,1H3,(H,18,21)(H,19,22)/t12-/m1/s1. The van der Waals surface area contributed by atoms with Crippen LogP contribution in [0.3, 0.4) is 0 Å². The summed E-state index contributed by atoms with van der Waals surface area (Å²) in [5, 5.41) is 14.5. The van der Waals surface area contributed by atoms with Crippen LogP contribution >= 0.6 is 0 Å². The average molecular weight is 298 g/mol. The number of carbonyl (C=O) groups is 2. The van der Waals surface area contributed by atoms with Crippen molar-refractivity contribution in [3.05, 3.63) is 65.7 Å². The van der Waals surface area contributed by atoms with Crippen LogP contribution < -0.4 is 10.6 Å². The third-order valence-corrected chi connectivity index (χ3v) is 3.00. The fourth-order valence-electron chi connectivity index (χ4n) is 1.84. The van der Waals surface area contributed by atoms with Gasteiger partial charge in [0.1, 0.15) is 0 Å². The van der Waals surface area contributed by atoms with Crippen molar-refractivity contribution in [1.29, 1.82) is 0 Å². The van der Waals surface area contributed by atoms with E-state index in [1.165, 1.54) is 0 Å². The molecule has 1 atom stereocenters. The summed E-state index contributed by atoms with van der Waals surface area (Å²) >= 11 is 0. The van der Waals surface area contributed by atoms with Crippen LogP contribution in [0, 0.1) is 0 Å². The molecule has 2 rings (SSSR count). The maximum absolute atomic E-state index is 12.0. The molecule has 0 aromatic heterocycles. The highest BCUT2D eigenvalue weighted by molar-refractivity contribution is 6.04. The molecule has 0 aliphatic heterocycles. The quantitative estimate of drug-likeness (QED) is 0.790. The fraction of sp³-hybridized carbons (Fsp3) is 0.176. The van der Waals surface area contributed by atoms with E-state index < -0.39 is 6.10 Å². The molecule has 0 saturated carbocycles. The van der Waals surface area contributed by atoms with Gasteiger partial charge in [-0.2, -0.15) is 0 Å². The Kier molecular flexibility index (Phi) is 5.27. The van der Waals surface area contributed by atoms with Gasteiger partial charge in [0.25, 0.3) is 11.8 Å². The van der Waals surface area contributed by atoms with E-state index in [2.05, 4.69) is 10.6 Å². The monoisotopic (exact) mass is 298 g/mol. The number of aliphatic hydroxyl groups excluding tert-OH is 1. The zero-order valence-corrected chi connectivity index (χ0v) is 12.2. The highest BCUT2D eigenvalue weighted by Crippen LogP contribution is 2.11. The molecule has 0 aliphatic carbocycles. The van der Waals surface area contributed by atoms with Crippen LogP contribution in [0.25, 0.3) is 0 Å². The van der Waals surface area contributed by atoms with E-state index in [1.54, 1.807) is 55.5 Å². The van der Waals surface area contributed by atoms with Crippen molar-refractivity contribution in [2.45, 2.75) is 13.0 Å². The summed E-state index contributed by atoms with van der Waals surface area (Å²) in [4.78, 5) is 23.8. The second-order valence-corrected chi connectivity index (χ2v) is 4.96. The first kappa shape index (κ1) is 15.7. The van der Waals surface area contributed by atoms with E-state index >= 15 is 0 Å². The van der Waals surface area contributed by atoms with Crippen molar-refractivity contribution < 1.29 is 14.7 Å². The molecule has 5 heteroatoms. The lowest BCUT2D eigenvalue weighted by molar-refractivity contribution is 0.0923. The minimum Gasteiger partial charge on any atom is -0.392 e. The Morgan fingerprint density at radius 2 is 1.55 bits per heavy atom. The third kappa shape index (κ3) is 4.43. The topological polar surface area (TPSA) is 78.4 Å². The van der Waals surface area contributed by atoms with Gasteiger partial charge in [0.15, 0.2) is 0 Å². The van der Waals surface area contributed by atoms with Crippen molar-refractivity contribution in [1.82, 2.24) is 5.32 Å². The predicted molar refractivity (Wildman–Crippen MR) is 84.9 cm³/mol. The smallest absolute Gasteiger partial charge is 0.255 e. The minimum absolute atomic E-state index is 0.200. The molecule has 2 amide bonds. The summed E-state index contributed by atoms with van der Waals surface area (Å²) in [5.74, 6) is -0.464. The van der Waals surface area contributed by atoms with E-state index in [9.17, 15) is 9.59 Å². The van der Waals surface area contributed by atoms with Gasteiger partial charge in [-0.3, -0.25) is 9.59 Å². The number of benzene rings is 2. The molecule has 2 aromatic rings. The molecular weight excluding hydrogens is 280 g/mol. The third-order valence-electron chi connectivity index (χ3n) is 3.00. The van der Waals surface area contributed by atoms with Gasteiger partial charge in [-0.15, -0.1) is 0 Å². The number of amides is 2.